The second-order valence-corrected chi connectivity index (χ2v) is 4.32. The van der Waals surface area contributed by atoms with Crippen LogP contribution in [0.15, 0.2) is 18.3 Å². The van der Waals surface area contributed by atoms with Gasteiger partial charge in [-0.1, -0.05) is 0 Å². The van der Waals surface area contributed by atoms with Crippen molar-refractivity contribution in [2.75, 3.05) is 25.1 Å². The molecule has 0 aliphatic heterocycles. The van der Waals surface area contributed by atoms with Crippen LogP contribution in [0.5, 0.6) is 0 Å². The number of aliphatic hydroxyl groups is 2. The van der Waals surface area contributed by atoms with Crippen molar-refractivity contribution >= 4 is 5.69 Å². The topological polar surface area (TPSA) is 56.6 Å². The summed E-state index contributed by atoms with van der Waals surface area (Å²) in [6.07, 6.45) is 4.25. The van der Waals surface area contributed by atoms with Gasteiger partial charge in [-0.2, -0.15) is 0 Å². The fraction of sp³-hybridized carbons (Fsp3) is 0.615. The molecule has 4 nitrogen and oxygen atoms in total. The van der Waals surface area contributed by atoms with Gasteiger partial charge in [0.05, 0.1) is 23.7 Å². The molecule has 96 valence electrons. The largest absolute Gasteiger partial charge is 0.396 e. The van der Waals surface area contributed by atoms with E-state index in [1.807, 2.05) is 19.2 Å². The maximum absolute atomic E-state index is 9.35. The number of aliphatic hydroxyl groups excluding tert-OH is 2. The van der Waals surface area contributed by atoms with Crippen molar-refractivity contribution in [1.29, 1.82) is 0 Å². The lowest BCUT2D eigenvalue weighted by Gasteiger charge is -2.19. The summed E-state index contributed by atoms with van der Waals surface area (Å²) in [5, 5.41) is 18.0. The Balaban J connectivity index is 2.43. The van der Waals surface area contributed by atoms with Gasteiger partial charge in [-0.25, -0.2) is 0 Å². The number of unbranched alkanes of at least 4 members (excludes halogenated alkanes) is 2. The number of hydrogen-bond donors (Lipinski definition) is 2. The van der Waals surface area contributed by atoms with E-state index in [1.165, 1.54) is 0 Å². The summed E-state index contributed by atoms with van der Waals surface area (Å²) in [6, 6.07) is 3.82. The van der Waals surface area contributed by atoms with Crippen molar-refractivity contribution in [2.24, 2.45) is 0 Å². The van der Waals surface area contributed by atoms with E-state index < -0.39 is 6.10 Å². The molecule has 0 spiro atoms. The van der Waals surface area contributed by atoms with E-state index in [2.05, 4.69) is 9.88 Å². The van der Waals surface area contributed by atoms with Crippen molar-refractivity contribution < 1.29 is 10.2 Å². The lowest BCUT2D eigenvalue weighted by Crippen LogP contribution is -2.18. The van der Waals surface area contributed by atoms with E-state index in [0.717, 1.165) is 31.5 Å². The van der Waals surface area contributed by atoms with Crippen molar-refractivity contribution in [3.05, 3.63) is 24.0 Å². The summed E-state index contributed by atoms with van der Waals surface area (Å²) >= 11 is 0. The van der Waals surface area contributed by atoms with Crippen LogP contribution in [-0.2, 0) is 0 Å². The van der Waals surface area contributed by atoms with Crippen molar-refractivity contribution in [1.82, 2.24) is 4.98 Å². The summed E-state index contributed by atoms with van der Waals surface area (Å²) < 4.78 is 0. The van der Waals surface area contributed by atoms with Gasteiger partial charge in [0.2, 0.25) is 0 Å². The van der Waals surface area contributed by atoms with E-state index >= 15 is 0 Å². The normalized spacial score (nSPS) is 12.5. The third kappa shape index (κ3) is 4.71. The van der Waals surface area contributed by atoms with Crippen LogP contribution in [0.25, 0.3) is 0 Å². The lowest BCUT2D eigenvalue weighted by atomic mass is 10.2. The van der Waals surface area contributed by atoms with Crippen LogP contribution in [0.4, 0.5) is 5.69 Å². The van der Waals surface area contributed by atoms with Gasteiger partial charge in [0.25, 0.3) is 0 Å². The first-order chi connectivity index (χ1) is 8.15. The highest BCUT2D eigenvalue weighted by Crippen LogP contribution is 2.15. The molecule has 4 heteroatoms. The van der Waals surface area contributed by atoms with Crippen LogP contribution in [0.2, 0.25) is 0 Å². The predicted octanol–water partition coefficient (Wildman–Crippen LogP) is 1.73. The van der Waals surface area contributed by atoms with Crippen molar-refractivity contribution in [3.63, 3.8) is 0 Å². The third-order valence-corrected chi connectivity index (χ3v) is 2.79. The van der Waals surface area contributed by atoms with Crippen molar-refractivity contribution in [2.45, 2.75) is 32.3 Å². The van der Waals surface area contributed by atoms with Crippen LogP contribution >= 0.6 is 0 Å². The van der Waals surface area contributed by atoms with Gasteiger partial charge in [0.1, 0.15) is 0 Å². The van der Waals surface area contributed by atoms with E-state index in [4.69, 9.17) is 5.11 Å². The Bertz CT molecular complexity index is 312. The van der Waals surface area contributed by atoms with Gasteiger partial charge in [0.15, 0.2) is 0 Å². The molecule has 0 aliphatic rings. The summed E-state index contributed by atoms with van der Waals surface area (Å²) in [7, 11) is 2.03. The van der Waals surface area contributed by atoms with Crippen LogP contribution < -0.4 is 4.90 Å². The Kier molecular flexibility index (Phi) is 5.94. The van der Waals surface area contributed by atoms with Gasteiger partial charge < -0.3 is 15.1 Å². The maximum Gasteiger partial charge on any atom is 0.0931 e. The minimum atomic E-state index is -0.515. The molecular weight excluding hydrogens is 216 g/mol. The van der Waals surface area contributed by atoms with E-state index in [9.17, 15) is 5.11 Å². The highest BCUT2D eigenvalue weighted by Gasteiger charge is 2.04. The molecule has 1 heterocycles. The van der Waals surface area contributed by atoms with Gasteiger partial charge in [0, 0.05) is 20.2 Å². The van der Waals surface area contributed by atoms with Gasteiger partial charge >= 0.3 is 0 Å². The average Bonchev–Trinajstić information content (AvgIpc) is 2.34. The zero-order valence-electron chi connectivity index (χ0n) is 10.6. The lowest BCUT2D eigenvalue weighted by molar-refractivity contribution is 0.194. The van der Waals surface area contributed by atoms with Crippen LogP contribution in [-0.4, -0.2) is 35.4 Å². The molecule has 0 amide bonds. The predicted molar refractivity (Wildman–Crippen MR) is 69.1 cm³/mol. The molecule has 0 aliphatic carbocycles. The first-order valence-corrected chi connectivity index (χ1v) is 6.11. The molecule has 0 saturated heterocycles. The number of nitrogens with zero attached hydrogens (tertiary/aromatic N) is 2. The molecule has 0 radical (unpaired) electrons. The molecule has 0 bridgehead atoms. The zero-order valence-corrected chi connectivity index (χ0v) is 10.6. The summed E-state index contributed by atoms with van der Waals surface area (Å²) in [5.41, 5.74) is 1.75. The molecule has 1 aromatic rings. The summed E-state index contributed by atoms with van der Waals surface area (Å²) in [6.45, 7) is 2.94. The maximum atomic E-state index is 9.35. The van der Waals surface area contributed by atoms with Gasteiger partial charge in [-0.05, 0) is 38.3 Å². The van der Waals surface area contributed by atoms with E-state index in [0.29, 0.717) is 5.69 Å². The Hall–Kier alpha value is -1.13. The average molecular weight is 238 g/mol. The SMILES string of the molecule is C[C@H](O)c1ccc(N(C)CCCCCO)cn1. The number of rotatable bonds is 7. The molecule has 17 heavy (non-hydrogen) atoms. The summed E-state index contributed by atoms with van der Waals surface area (Å²) in [4.78, 5) is 6.35. The monoisotopic (exact) mass is 238 g/mol. The minimum Gasteiger partial charge on any atom is -0.396 e. The first-order valence-electron chi connectivity index (χ1n) is 6.11. The standard InChI is InChI=1S/C13H22N2O2/c1-11(17)13-7-6-12(10-14-13)15(2)8-4-3-5-9-16/h6-7,10-11,16-17H,3-5,8-9H2,1-2H3/t11-/m0/s1. The van der Waals surface area contributed by atoms with Crippen LogP contribution in [0, 0.1) is 0 Å². The first kappa shape index (κ1) is 13.9. The van der Waals surface area contributed by atoms with Gasteiger partial charge in [-0.3, -0.25) is 4.98 Å². The Morgan fingerprint density at radius 3 is 2.59 bits per heavy atom. The van der Waals surface area contributed by atoms with Crippen molar-refractivity contribution in [3.8, 4) is 0 Å². The highest BCUT2D eigenvalue weighted by molar-refractivity contribution is 5.43. The molecule has 1 aromatic heterocycles. The Labute approximate surface area is 103 Å². The van der Waals surface area contributed by atoms with Gasteiger partial charge in [-0.15, -0.1) is 0 Å². The van der Waals surface area contributed by atoms with Crippen LogP contribution in [0.1, 0.15) is 38.0 Å². The fourth-order valence-corrected chi connectivity index (χ4v) is 1.64. The third-order valence-electron chi connectivity index (χ3n) is 2.79. The Morgan fingerprint density at radius 1 is 1.29 bits per heavy atom. The Morgan fingerprint density at radius 2 is 2.06 bits per heavy atom. The molecule has 2 N–H and O–H groups in total. The second-order valence-electron chi connectivity index (χ2n) is 4.32. The number of hydrogen-bond acceptors (Lipinski definition) is 4. The molecule has 0 saturated carbocycles. The smallest absolute Gasteiger partial charge is 0.0931 e. The number of anilines is 1. The quantitative estimate of drug-likeness (QED) is 0.710. The second kappa shape index (κ2) is 7.25. The molecule has 0 fully saturated rings. The fourth-order valence-electron chi connectivity index (χ4n) is 1.64. The molecular formula is C13H22N2O2. The number of aromatic nitrogens is 1. The molecule has 1 atom stereocenters. The van der Waals surface area contributed by atoms with E-state index in [-0.39, 0.29) is 6.61 Å². The summed E-state index contributed by atoms with van der Waals surface area (Å²) in [5.74, 6) is 0. The molecule has 1 rings (SSSR count). The molecule has 0 aromatic carbocycles. The van der Waals surface area contributed by atoms with E-state index in [1.54, 1.807) is 13.1 Å². The minimum absolute atomic E-state index is 0.272. The van der Waals surface area contributed by atoms with Crippen LogP contribution in [0.3, 0.4) is 0 Å². The highest BCUT2D eigenvalue weighted by atomic mass is 16.3. The molecule has 0 unspecified atom stereocenters. The zero-order chi connectivity index (χ0) is 12.7. The number of pyridine rings is 1.